The van der Waals surface area contributed by atoms with Crippen LogP contribution in [0.25, 0.3) is 10.9 Å². The van der Waals surface area contributed by atoms with Gasteiger partial charge in [-0.2, -0.15) is 0 Å². The second-order valence-corrected chi connectivity index (χ2v) is 6.49. The molecule has 0 saturated carbocycles. The number of morpholine rings is 1. The van der Waals surface area contributed by atoms with E-state index in [0.29, 0.717) is 23.9 Å². The fraction of sp³-hybridized carbons (Fsp3) is 0.200. The van der Waals surface area contributed by atoms with E-state index >= 15 is 0 Å². The monoisotopic (exact) mass is 368 g/mol. The van der Waals surface area contributed by atoms with Crippen LogP contribution in [0.2, 0.25) is 5.02 Å². The van der Waals surface area contributed by atoms with E-state index < -0.39 is 0 Å². The Hall–Kier alpha value is -2.63. The minimum absolute atomic E-state index is 0.0322. The van der Waals surface area contributed by atoms with Gasteiger partial charge in [-0.15, -0.1) is 0 Å². The zero-order chi connectivity index (χ0) is 17.9. The molecule has 26 heavy (non-hydrogen) atoms. The van der Waals surface area contributed by atoms with Gasteiger partial charge in [0.25, 0.3) is 5.91 Å². The van der Waals surface area contributed by atoms with Gasteiger partial charge < -0.3 is 14.4 Å². The zero-order valence-electron chi connectivity index (χ0n) is 14.0. The molecule has 0 bridgehead atoms. The molecule has 1 aliphatic heterocycles. The van der Waals surface area contributed by atoms with Crippen LogP contribution in [-0.4, -0.2) is 36.8 Å². The maximum atomic E-state index is 12.2. The van der Waals surface area contributed by atoms with Gasteiger partial charge in [-0.25, -0.2) is 0 Å². The number of hydrogen-bond acceptors (Lipinski definition) is 4. The highest BCUT2D eigenvalue weighted by atomic mass is 35.5. The van der Waals surface area contributed by atoms with Gasteiger partial charge in [-0.1, -0.05) is 29.8 Å². The van der Waals surface area contributed by atoms with Gasteiger partial charge in [0, 0.05) is 22.3 Å². The van der Waals surface area contributed by atoms with Gasteiger partial charge in [0.1, 0.15) is 30.6 Å². The van der Waals surface area contributed by atoms with Crippen LogP contribution in [0.15, 0.2) is 60.8 Å². The molecule has 0 radical (unpaired) electrons. The van der Waals surface area contributed by atoms with Gasteiger partial charge in [0.2, 0.25) is 0 Å². The molecule has 1 amide bonds. The minimum atomic E-state index is -0.220. The molecule has 5 nitrogen and oxygen atoms in total. The third-order valence-electron chi connectivity index (χ3n) is 4.29. The summed E-state index contributed by atoms with van der Waals surface area (Å²) in [6.07, 6.45) is 1.52. The summed E-state index contributed by atoms with van der Waals surface area (Å²) in [6, 6.07) is 16.9. The number of fused-ring (bicyclic) bond motifs is 1. The van der Waals surface area contributed by atoms with E-state index in [0.717, 1.165) is 16.6 Å². The number of nitrogens with zero attached hydrogens (tertiary/aromatic N) is 2. The Balaban J connectivity index is 1.46. The summed E-state index contributed by atoms with van der Waals surface area (Å²) < 4.78 is 11.6. The summed E-state index contributed by atoms with van der Waals surface area (Å²) >= 11 is 5.93. The standard InChI is InChI=1S/C20H17ClN2O3/c21-15-6-8-16(9-7-15)23-11-17(25-13-19(23)24)12-26-18-5-1-3-14-4-2-10-22-20(14)18/h1-10,17H,11-13H2. The maximum absolute atomic E-state index is 12.2. The third-order valence-corrected chi connectivity index (χ3v) is 4.54. The molecular formula is C20H17ClN2O3. The van der Waals surface area contributed by atoms with Crippen molar-refractivity contribution in [2.75, 3.05) is 24.7 Å². The molecule has 4 rings (SSSR count). The lowest BCUT2D eigenvalue weighted by atomic mass is 10.2. The molecule has 132 valence electrons. The lowest BCUT2D eigenvalue weighted by Crippen LogP contribution is -2.48. The van der Waals surface area contributed by atoms with E-state index in [2.05, 4.69) is 4.98 Å². The molecule has 1 unspecified atom stereocenters. The Morgan fingerprint density at radius 1 is 1.15 bits per heavy atom. The summed E-state index contributed by atoms with van der Waals surface area (Å²) in [5.41, 5.74) is 1.62. The number of carbonyl (C=O) groups is 1. The number of ether oxygens (including phenoxy) is 2. The van der Waals surface area contributed by atoms with Crippen LogP contribution >= 0.6 is 11.6 Å². The third kappa shape index (κ3) is 3.49. The van der Waals surface area contributed by atoms with Crippen molar-refractivity contribution < 1.29 is 14.3 Å². The molecule has 2 aromatic carbocycles. The molecule has 1 saturated heterocycles. The van der Waals surface area contributed by atoms with Gasteiger partial charge in [-0.3, -0.25) is 9.78 Å². The highest BCUT2D eigenvalue weighted by molar-refractivity contribution is 6.30. The van der Waals surface area contributed by atoms with Crippen molar-refractivity contribution in [2.45, 2.75) is 6.10 Å². The van der Waals surface area contributed by atoms with Gasteiger partial charge in [0.15, 0.2) is 0 Å². The molecule has 1 atom stereocenters. The van der Waals surface area contributed by atoms with Crippen molar-refractivity contribution in [1.29, 1.82) is 0 Å². The van der Waals surface area contributed by atoms with Crippen LogP contribution < -0.4 is 9.64 Å². The van der Waals surface area contributed by atoms with Crippen LogP contribution in [0.1, 0.15) is 0 Å². The number of pyridine rings is 1. The van der Waals surface area contributed by atoms with Crippen LogP contribution in [0.4, 0.5) is 5.69 Å². The van der Waals surface area contributed by atoms with Crippen LogP contribution in [0.3, 0.4) is 0 Å². The summed E-state index contributed by atoms with van der Waals surface area (Å²) in [5.74, 6) is 0.636. The van der Waals surface area contributed by atoms with Crippen molar-refractivity contribution in [3.8, 4) is 5.75 Å². The first-order valence-electron chi connectivity index (χ1n) is 8.35. The van der Waals surface area contributed by atoms with E-state index in [1.165, 1.54) is 0 Å². The molecule has 3 aromatic rings. The van der Waals surface area contributed by atoms with Crippen molar-refractivity contribution >= 4 is 34.1 Å². The molecule has 0 spiro atoms. The fourth-order valence-electron chi connectivity index (χ4n) is 2.97. The molecule has 1 aromatic heterocycles. The second kappa shape index (κ2) is 7.32. The van der Waals surface area contributed by atoms with Gasteiger partial charge in [0.05, 0.1) is 6.54 Å². The van der Waals surface area contributed by atoms with Gasteiger partial charge in [-0.05, 0) is 36.4 Å². The number of amides is 1. The summed E-state index contributed by atoms with van der Waals surface area (Å²) in [4.78, 5) is 18.3. The fourth-order valence-corrected chi connectivity index (χ4v) is 3.10. The first kappa shape index (κ1) is 16.8. The van der Waals surface area contributed by atoms with Crippen LogP contribution in [0.5, 0.6) is 5.75 Å². The smallest absolute Gasteiger partial charge is 0.253 e. The SMILES string of the molecule is O=C1COC(COc2cccc3cccnc23)CN1c1ccc(Cl)cc1. The highest BCUT2D eigenvalue weighted by Crippen LogP contribution is 2.25. The number of benzene rings is 2. The predicted molar refractivity (Wildman–Crippen MR) is 101 cm³/mol. The number of hydrogen-bond donors (Lipinski definition) is 0. The second-order valence-electron chi connectivity index (χ2n) is 6.06. The average Bonchev–Trinajstić information content (AvgIpc) is 2.68. The first-order valence-corrected chi connectivity index (χ1v) is 8.72. The van der Waals surface area contributed by atoms with Gasteiger partial charge >= 0.3 is 0 Å². The molecule has 0 N–H and O–H groups in total. The quantitative estimate of drug-likeness (QED) is 0.704. The topological polar surface area (TPSA) is 51.7 Å². The normalized spacial score (nSPS) is 17.5. The number of carbonyl (C=O) groups excluding carboxylic acids is 1. The summed E-state index contributed by atoms with van der Waals surface area (Å²) in [5, 5.41) is 1.66. The number of anilines is 1. The van der Waals surface area contributed by atoms with E-state index in [-0.39, 0.29) is 18.6 Å². The average molecular weight is 369 g/mol. The lowest BCUT2D eigenvalue weighted by molar-refractivity contribution is -0.130. The minimum Gasteiger partial charge on any atom is -0.489 e. The Labute approximate surface area is 156 Å². The van der Waals surface area contributed by atoms with Crippen molar-refractivity contribution in [3.05, 3.63) is 65.8 Å². The van der Waals surface area contributed by atoms with E-state index in [4.69, 9.17) is 21.1 Å². The molecule has 2 heterocycles. The summed E-state index contributed by atoms with van der Waals surface area (Å²) in [7, 11) is 0. The zero-order valence-corrected chi connectivity index (χ0v) is 14.7. The maximum Gasteiger partial charge on any atom is 0.253 e. The lowest BCUT2D eigenvalue weighted by Gasteiger charge is -2.32. The number of rotatable bonds is 4. The predicted octanol–water partition coefficient (Wildman–Crippen LogP) is 3.70. The molecule has 1 fully saturated rings. The van der Waals surface area contributed by atoms with Crippen molar-refractivity contribution in [2.24, 2.45) is 0 Å². The Morgan fingerprint density at radius 2 is 1.96 bits per heavy atom. The molecule has 1 aliphatic rings. The molecule has 6 heteroatoms. The highest BCUT2D eigenvalue weighted by Gasteiger charge is 2.28. The number of para-hydroxylation sites is 1. The van der Waals surface area contributed by atoms with Crippen molar-refractivity contribution in [1.82, 2.24) is 4.98 Å². The van der Waals surface area contributed by atoms with E-state index in [9.17, 15) is 4.79 Å². The van der Waals surface area contributed by atoms with E-state index in [1.807, 2.05) is 42.5 Å². The van der Waals surface area contributed by atoms with Crippen LogP contribution in [-0.2, 0) is 9.53 Å². The summed E-state index contributed by atoms with van der Waals surface area (Å²) in [6.45, 7) is 0.802. The first-order chi connectivity index (χ1) is 12.7. The van der Waals surface area contributed by atoms with Crippen molar-refractivity contribution in [3.63, 3.8) is 0 Å². The molecule has 0 aliphatic carbocycles. The Morgan fingerprint density at radius 3 is 2.81 bits per heavy atom. The number of aromatic nitrogens is 1. The Kier molecular flexibility index (Phi) is 4.73. The number of halogens is 1. The largest absolute Gasteiger partial charge is 0.489 e. The van der Waals surface area contributed by atoms with Crippen LogP contribution in [0, 0.1) is 0 Å². The Bertz CT molecular complexity index is 924. The molecular weight excluding hydrogens is 352 g/mol. The van der Waals surface area contributed by atoms with E-state index in [1.54, 1.807) is 23.2 Å².